The molecule has 0 saturated heterocycles. The van der Waals surface area contributed by atoms with Gasteiger partial charge in [-0.1, -0.05) is 25.3 Å². The molecule has 1 saturated carbocycles. The van der Waals surface area contributed by atoms with Crippen LogP contribution in [0.5, 0.6) is 23.0 Å². The van der Waals surface area contributed by atoms with Crippen molar-refractivity contribution >= 4 is 6.03 Å². The van der Waals surface area contributed by atoms with E-state index in [9.17, 15) is 9.59 Å². The summed E-state index contributed by atoms with van der Waals surface area (Å²) in [5.41, 5.74) is 3.03. The third-order valence-corrected chi connectivity index (χ3v) is 6.97. The number of hydrogen-bond acceptors (Lipinski definition) is 6. The maximum Gasteiger partial charge on any atom is 0.315 e. The lowest BCUT2D eigenvalue weighted by atomic mass is 9.95. The predicted octanol–water partition coefficient (Wildman–Crippen LogP) is 4.37. The highest BCUT2D eigenvalue weighted by molar-refractivity contribution is 5.83. The van der Waals surface area contributed by atoms with Gasteiger partial charge in [0.05, 0.1) is 34.5 Å². The van der Waals surface area contributed by atoms with Gasteiger partial charge in [0.25, 0.3) is 0 Å². The summed E-state index contributed by atoms with van der Waals surface area (Å²) in [5, 5.41) is 6.26. The lowest BCUT2D eigenvalue weighted by Gasteiger charge is -2.25. The van der Waals surface area contributed by atoms with Crippen molar-refractivity contribution in [2.45, 2.75) is 57.0 Å². The maximum atomic E-state index is 13.0. The molecule has 0 spiro atoms. The molecule has 35 heavy (non-hydrogen) atoms. The molecular formula is C27H34N2O6. The first-order valence-electron chi connectivity index (χ1n) is 12.1. The fourth-order valence-corrected chi connectivity index (χ4v) is 5.25. The van der Waals surface area contributed by atoms with Gasteiger partial charge >= 0.3 is 6.03 Å². The summed E-state index contributed by atoms with van der Waals surface area (Å²) in [6.45, 7) is 0. The summed E-state index contributed by atoms with van der Waals surface area (Å²) in [7, 11) is 6.20. The van der Waals surface area contributed by atoms with Gasteiger partial charge in [0.15, 0.2) is 17.2 Å². The van der Waals surface area contributed by atoms with E-state index >= 15 is 0 Å². The molecule has 8 heteroatoms. The Morgan fingerprint density at radius 3 is 2.20 bits per heavy atom. The zero-order chi connectivity index (χ0) is 24.9. The lowest BCUT2D eigenvalue weighted by Crippen LogP contribution is -2.44. The zero-order valence-electron chi connectivity index (χ0n) is 20.9. The van der Waals surface area contributed by atoms with Crippen molar-refractivity contribution in [3.63, 3.8) is 0 Å². The number of aryl methyl sites for hydroxylation is 1. The Bertz CT molecular complexity index is 1140. The Hall–Kier alpha value is -3.42. The van der Waals surface area contributed by atoms with Crippen LogP contribution >= 0.6 is 0 Å². The molecule has 0 aromatic heterocycles. The number of nitrogens with one attached hydrogen (secondary N) is 2. The molecule has 0 bridgehead atoms. The third kappa shape index (κ3) is 5.01. The molecule has 4 rings (SSSR count). The van der Waals surface area contributed by atoms with Gasteiger partial charge in [0, 0.05) is 11.6 Å². The third-order valence-electron chi connectivity index (χ3n) is 6.97. The van der Waals surface area contributed by atoms with Crippen LogP contribution in [0.4, 0.5) is 4.79 Å². The number of fused-ring (bicyclic) bond motifs is 3. The highest BCUT2D eigenvalue weighted by Crippen LogP contribution is 2.50. The highest BCUT2D eigenvalue weighted by atomic mass is 16.5. The van der Waals surface area contributed by atoms with Gasteiger partial charge in [-0.25, -0.2) is 4.79 Å². The molecule has 1 atom stereocenters. The number of benzene rings is 1. The van der Waals surface area contributed by atoms with Gasteiger partial charge < -0.3 is 29.6 Å². The van der Waals surface area contributed by atoms with E-state index in [0.29, 0.717) is 35.7 Å². The van der Waals surface area contributed by atoms with Crippen molar-refractivity contribution in [1.82, 2.24) is 10.6 Å². The maximum absolute atomic E-state index is 13.0. The normalized spacial score (nSPS) is 17.3. The van der Waals surface area contributed by atoms with Crippen LogP contribution in [0.3, 0.4) is 0 Å². The first kappa shape index (κ1) is 24.7. The Morgan fingerprint density at radius 1 is 0.829 bits per heavy atom. The van der Waals surface area contributed by atoms with Crippen molar-refractivity contribution in [1.29, 1.82) is 0 Å². The monoisotopic (exact) mass is 482 g/mol. The Morgan fingerprint density at radius 2 is 1.54 bits per heavy atom. The fourth-order valence-electron chi connectivity index (χ4n) is 5.25. The number of hydrogen-bond donors (Lipinski definition) is 2. The van der Waals surface area contributed by atoms with Crippen molar-refractivity contribution in [2.24, 2.45) is 0 Å². The standard InChI is InChI=1S/C27H34N2O6/c1-32-22-13-11-18-19(15-21(22)30)20(29-27(31)28-17-8-6-5-7-9-17)12-10-16-14-23(33-2)25(34-3)26(35-4)24(16)18/h11,13-15,17,20H,5-10,12H2,1-4H3,(H2,28,29,31)/t20-/m0/s1. The van der Waals surface area contributed by atoms with Crippen molar-refractivity contribution in [2.75, 3.05) is 28.4 Å². The summed E-state index contributed by atoms with van der Waals surface area (Å²) in [6, 6.07) is 6.59. The quantitative estimate of drug-likeness (QED) is 0.635. The van der Waals surface area contributed by atoms with E-state index < -0.39 is 0 Å². The minimum absolute atomic E-state index is 0.182. The molecule has 188 valence electrons. The molecule has 0 aliphatic heterocycles. The topological polar surface area (TPSA) is 95.1 Å². The number of ether oxygens (including phenoxy) is 4. The Balaban J connectivity index is 1.82. The second-order valence-electron chi connectivity index (χ2n) is 9.00. The van der Waals surface area contributed by atoms with Crippen LogP contribution in [-0.2, 0) is 6.42 Å². The largest absolute Gasteiger partial charge is 0.493 e. The summed E-state index contributed by atoms with van der Waals surface area (Å²) < 4.78 is 22.3. The van der Waals surface area contributed by atoms with Gasteiger partial charge in [-0.15, -0.1) is 0 Å². The molecule has 2 aromatic carbocycles. The van der Waals surface area contributed by atoms with Crippen LogP contribution in [0.15, 0.2) is 29.1 Å². The number of amides is 2. The van der Waals surface area contributed by atoms with Crippen molar-refractivity contribution < 1.29 is 23.7 Å². The van der Waals surface area contributed by atoms with Gasteiger partial charge in [0.2, 0.25) is 11.2 Å². The molecule has 0 heterocycles. The fraction of sp³-hybridized carbons (Fsp3) is 0.481. The Labute approximate surface area is 205 Å². The van der Waals surface area contributed by atoms with E-state index in [0.717, 1.165) is 42.4 Å². The van der Waals surface area contributed by atoms with Gasteiger partial charge in [0.1, 0.15) is 0 Å². The molecule has 0 radical (unpaired) electrons. The first-order chi connectivity index (χ1) is 17.0. The summed E-state index contributed by atoms with van der Waals surface area (Å²) in [6.07, 6.45) is 6.71. The van der Waals surface area contributed by atoms with Crippen LogP contribution < -0.4 is 35.0 Å². The van der Waals surface area contributed by atoms with E-state index in [4.69, 9.17) is 18.9 Å². The molecule has 2 N–H and O–H groups in total. The molecule has 0 unspecified atom stereocenters. The predicted molar refractivity (Wildman–Crippen MR) is 134 cm³/mol. The minimum Gasteiger partial charge on any atom is -0.493 e. The van der Waals surface area contributed by atoms with Gasteiger partial charge in [-0.3, -0.25) is 4.79 Å². The summed E-state index contributed by atoms with van der Waals surface area (Å²) >= 11 is 0. The summed E-state index contributed by atoms with van der Waals surface area (Å²) in [5.74, 6) is 1.79. The van der Waals surface area contributed by atoms with Gasteiger partial charge in [-0.2, -0.15) is 0 Å². The summed E-state index contributed by atoms with van der Waals surface area (Å²) in [4.78, 5) is 25.9. The lowest BCUT2D eigenvalue weighted by molar-refractivity contribution is 0.228. The molecule has 2 aliphatic rings. The molecular weight excluding hydrogens is 448 g/mol. The number of carbonyl (C=O) groups is 1. The van der Waals surface area contributed by atoms with Crippen LogP contribution in [0.2, 0.25) is 0 Å². The minimum atomic E-state index is -0.382. The van der Waals surface area contributed by atoms with E-state index in [1.807, 2.05) is 12.1 Å². The average molecular weight is 483 g/mol. The second-order valence-corrected chi connectivity index (χ2v) is 9.00. The van der Waals surface area contributed by atoms with Crippen molar-refractivity contribution in [3.8, 4) is 34.1 Å². The molecule has 8 nitrogen and oxygen atoms in total. The SMILES string of the molecule is COc1cc2c(c(OC)c1OC)-c1ccc(OC)c(=O)cc1[C@@H](NC(=O)NC1CCCCC1)CC2. The van der Waals surface area contributed by atoms with Crippen LogP contribution in [0, 0.1) is 0 Å². The number of carbonyl (C=O) groups excluding carboxylic acids is 1. The van der Waals surface area contributed by atoms with E-state index in [-0.39, 0.29) is 29.3 Å². The zero-order valence-corrected chi connectivity index (χ0v) is 20.9. The highest BCUT2D eigenvalue weighted by Gasteiger charge is 2.30. The van der Waals surface area contributed by atoms with E-state index in [1.165, 1.54) is 13.5 Å². The number of methoxy groups -OCH3 is 4. The van der Waals surface area contributed by atoms with E-state index in [1.54, 1.807) is 33.5 Å². The van der Waals surface area contributed by atoms with E-state index in [2.05, 4.69) is 10.6 Å². The van der Waals surface area contributed by atoms with Crippen molar-refractivity contribution in [3.05, 3.63) is 45.6 Å². The molecule has 1 fully saturated rings. The molecule has 2 amide bonds. The number of urea groups is 1. The van der Waals surface area contributed by atoms with Gasteiger partial charge in [-0.05, 0) is 60.6 Å². The second kappa shape index (κ2) is 10.9. The van der Waals surface area contributed by atoms with Crippen LogP contribution in [-0.4, -0.2) is 40.5 Å². The van der Waals surface area contributed by atoms with Crippen LogP contribution in [0.1, 0.15) is 55.7 Å². The first-order valence-corrected chi connectivity index (χ1v) is 12.1. The molecule has 2 aromatic rings. The molecule has 2 aliphatic carbocycles. The Kier molecular flexibility index (Phi) is 7.68. The smallest absolute Gasteiger partial charge is 0.315 e. The average Bonchev–Trinajstić information content (AvgIpc) is 3.11. The number of rotatable bonds is 6. The van der Waals surface area contributed by atoms with Crippen LogP contribution in [0.25, 0.3) is 11.1 Å².